The van der Waals surface area contributed by atoms with E-state index in [1.54, 1.807) is 0 Å². The molecular weight excluding hydrogens is 364 g/mol. The molecule has 1 atom stereocenters. The van der Waals surface area contributed by atoms with Crippen LogP contribution in [-0.4, -0.2) is 11.1 Å². The molecule has 3 rings (SSSR count). The van der Waals surface area contributed by atoms with Gasteiger partial charge in [-0.2, -0.15) is 0 Å². The number of rotatable bonds is 4. The van der Waals surface area contributed by atoms with Crippen LogP contribution in [0.15, 0.2) is 47.4 Å². The monoisotopic (exact) mass is 396 g/mol. The van der Waals surface area contributed by atoms with E-state index < -0.39 is 5.97 Å². The van der Waals surface area contributed by atoms with Gasteiger partial charge in [0.05, 0.1) is 4.75 Å². The molecule has 1 aromatic carbocycles. The first-order valence-corrected chi connectivity index (χ1v) is 10.9. The topological polar surface area (TPSA) is 37.3 Å². The van der Waals surface area contributed by atoms with Gasteiger partial charge in [-0.15, -0.1) is 11.8 Å². The van der Waals surface area contributed by atoms with Crippen molar-refractivity contribution >= 4 is 17.7 Å². The Bertz CT molecular complexity index is 876. The number of carboxylic acid groups (broad SMARTS) is 1. The molecule has 0 spiro atoms. The summed E-state index contributed by atoms with van der Waals surface area (Å²) in [5.41, 5.74) is 6.78. The average molecular weight is 397 g/mol. The Morgan fingerprint density at radius 1 is 1.07 bits per heavy atom. The second kappa shape index (κ2) is 7.26. The van der Waals surface area contributed by atoms with Gasteiger partial charge in [-0.3, -0.25) is 0 Å². The second-order valence-corrected chi connectivity index (χ2v) is 10.9. The number of carboxylic acids is 1. The summed E-state index contributed by atoms with van der Waals surface area (Å²) >= 11 is 1.83. The molecule has 0 aromatic heterocycles. The Balaban J connectivity index is 2.13. The quantitative estimate of drug-likeness (QED) is 0.450. The lowest BCUT2D eigenvalue weighted by Gasteiger charge is -2.43. The molecule has 1 aromatic rings. The Kier molecular flexibility index (Phi) is 5.44. The third kappa shape index (κ3) is 3.87. The summed E-state index contributed by atoms with van der Waals surface area (Å²) < 4.78 is -0.162. The van der Waals surface area contributed by atoms with E-state index in [9.17, 15) is 4.79 Å². The number of hydrogen-bond donors (Lipinski definition) is 1. The van der Waals surface area contributed by atoms with E-state index in [4.69, 9.17) is 5.11 Å². The minimum Gasteiger partial charge on any atom is -0.478 e. The molecule has 28 heavy (non-hydrogen) atoms. The Labute approximate surface area is 173 Å². The summed E-state index contributed by atoms with van der Waals surface area (Å²) in [5, 5.41) is 11.2. The molecule has 1 aliphatic heterocycles. The van der Waals surface area contributed by atoms with Gasteiger partial charge in [0, 0.05) is 6.08 Å². The Morgan fingerprint density at radius 3 is 2.21 bits per heavy atom. The van der Waals surface area contributed by atoms with E-state index in [1.165, 1.54) is 41.2 Å². The number of allylic oxidation sites excluding steroid dienone is 3. The lowest BCUT2D eigenvalue weighted by Crippen LogP contribution is -2.35. The van der Waals surface area contributed by atoms with Crippen LogP contribution in [0.2, 0.25) is 0 Å². The second-order valence-electron chi connectivity index (χ2n) is 9.62. The maximum absolute atomic E-state index is 11.0. The van der Waals surface area contributed by atoms with Crippen molar-refractivity contribution in [2.24, 2.45) is 0 Å². The molecule has 0 bridgehead atoms. The fourth-order valence-corrected chi connectivity index (χ4v) is 5.62. The molecule has 1 aliphatic carbocycles. The largest absolute Gasteiger partial charge is 0.478 e. The Morgan fingerprint density at radius 2 is 1.68 bits per heavy atom. The van der Waals surface area contributed by atoms with Crippen molar-refractivity contribution in [3.8, 4) is 0 Å². The summed E-state index contributed by atoms with van der Waals surface area (Å²) in [5.74, 6) is -0.901. The highest BCUT2D eigenvalue weighted by atomic mass is 32.2. The first-order chi connectivity index (χ1) is 13.0. The summed E-state index contributed by atoms with van der Waals surface area (Å²) in [4.78, 5) is 11.0. The van der Waals surface area contributed by atoms with Crippen molar-refractivity contribution < 1.29 is 9.90 Å². The molecule has 0 fully saturated rings. The van der Waals surface area contributed by atoms with Crippen molar-refractivity contribution in [1.82, 2.24) is 0 Å². The molecule has 1 heterocycles. The van der Waals surface area contributed by atoms with Gasteiger partial charge in [-0.25, -0.2) is 4.79 Å². The minimum absolute atomic E-state index is 0.162. The van der Waals surface area contributed by atoms with Crippen molar-refractivity contribution in [3.05, 3.63) is 69.7 Å². The standard InChI is InChI=1S/C25H32O2S/c1-17(14-22(26)27)8-10-25(9-7-13-28-25)19-16-21-20(15-18(19)2)23(3,4)11-12-24(21,5)6/h7-8,10,13-16H,9,11-12H2,1-6H3,(H,26,27)/b10-8+,17-14+. The average Bonchev–Trinajstić information content (AvgIpc) is 3.06. The highest BCUT2D eigenvalue weighted by Gasteiger charge is 2.40. The summed E-state index contributed by atoms with van der Waals surface area (Å²) in [6, 6.07) is 4.87. The van der Waals surface area contributed by atoms with Crippen LogP contribution < -0.4 is 0 Å². The molecule has 2 aliphatic rings. The van der Waals surface area contributed by atoms with Crippen molar-refractivity contribution in [3.63, 3.8) is 0 Å². The smallest absolute Gasteiger partial charge is 0.328 e. The van der Waals surface area contributed by atoms with Gasteiger partial charge in [-0.1, -0.05) is 58.1 Å². The molecule has 0 saturated carbocycles. The van der Waals surface area contributed by atoms with Crippen molar-refractivity contribution in [2.45, 2.75) is 76.4 Å². The van der Waals surface area contributed by atoms with E-state index in [-0.39, 0.29) is 15.6 Å². The fourth-order valence-electron chi connectivity index (χ4n) is 4.50. The van der Waals surface area contributed by atoms with Crippen LogP contribution in [0, 0.1) is 6.92 Å². The number of aliphatic carboxylic acids is 1. The van der Waals surface area contributed by atoms with E-state index >= 15 is 0 Å². The van der Waals surface area contributed by atoms with E-state index in [0.717, 1.165) is 12.0 Å². The maximum atomic E-state index is 11.0. The summed E-state index contributed by atoms with van der Waals surface area (Å²) in [7, 11) is 0. The highest BCUT2D eigenvalue weighted by molar-refractivity contribution is 8.03. The molecule has 0 radical (unpaired) electrons. The van der Waals surface area contributed by atoms with Crippen LogP contribution in [0.4, 0.5) is 0 Å². The normalized spacial score (nSPS) is 25.9. The zero-order valence-corrected chi connectivity index (χ0v) is 18.7. The molecule has 1 N–H and O–H groups in total. The molecule has 150 valence electrons. The number of carbonyl (C=O) groups is 1. The van der Waals surface area contributed by atoms with E-state index in [1.807, 2.05) is 24.8 Å². The number of benzene rings is 1. The van der Waals surface area contributed by atoms with Gasteiger partial charge in [0.2, 0.25) is 0 Å². The van der Waals surface area contributed by atoms with Crippen molar-refractivity contribution in [2.75, 3.05) is 0 Å². The lowest BCUT2D eigenvalue weighted by atomic mass is 9.62. The predicted octanol–water partition coefficient (Wildman–Crippen LogP) is 6.78. The van der Waals surface area contributed by atoms with Crippen LogP contribution in [0.25, 0.3) is 0 Å². The zero-order chi connectivity index (χ0) is 20.7. The third-order valence-electron chi connectivity index (χ3n) is 6.42. The molecule has 2 nitrogen and oxygen atoms in total. The summed E-state index contributed by atoms with van der Waals surface area (Å²) in [6.07, 6.45) is 11.0. The van der Waals surface area contributed by atoms with Crippen LogP contribution >= 0.6 is 11.8 Å². The molecule has 0 saturated heterocycles. The summed E-state index contributed by atoms with van der Waals surface area (Å²) in [6.45, 7) is 13.5. The fraction of sp³-hybridized carbons (Fsp3) is 0.480. The first-order valence-electron chi connectivity index (χ1n) is 10.1. The first kappa shape index (κ1) is 21.0. The van der Waals surface area contributed by atoms with Crippen LogP contribution in [0.3, 0.4) is 0 Å². The molecule has 3 heteroatoms. The van der Waals surface area contributed by atoms with Crippen LogP contribution in [0.5, 0.6) is 0 Å². The number of aryl methyl sites for hydroxylation is 1. The van der Waals surface area contributed by atoms with Crippen molar-refractivity contribution in [1.29, 1.82) is 0 Å². The van der Waals surface area contributed by atoms with Gasteiger partial charge in [0.25, 0.3) is 0 Å². The molecule has 0 amide bonds. The van der Waals surface area contributed by atoms with Gasteiger partial charge < -0.3 is 5.11 Å². The van der Waals surface area contributed by atoms with Gasteiger partial charge in [0.1, 0.15) is 0 Å². The Hall–Kier alpha value is -1.74. The third-order valence-corrected chi connectivity index (χ3v) is 7.69. The number of fused-ring (bicyclic) bond motifs is 1. The number of thioether (sulfide) groups is 1. The van der Waals surface area contributed by atoms with Crippen LogP contribution in [-0.2, 0) is 20.4 Å². The highest BCUT2D eigenvalue weighted by Crippen LogP contribution is 2.52. The maximum Gasteiger partial charge on any atom is 0.328 e. The van der Waals surface area contributed by atoms with E-state index in [0.29, 0.717) is 0 Å². The van der Waals surface area contributed by atoms with Gasteiger partial charge in [-0.05, 0) is 77.2 Å². The van der Waals surface area contributed by atoms with Gasteiger partial charge >= 0.3 is 5.97 Å². The number of hydrogen-bond acceptors (Lipinski definition) is 2. The van der Waals surface area contributed by atoms with E-state index in [2.05, 4.69) is 64.3 Å². The van der Waals surface area contributed by atoms with Crippen LogP contribution in [0.1, 0.15) is 76.1 Å². The SMILES string of the molecule is CC(/C=C/C1(c2cc3c(cc2C)C(C)(C)CCC3(C)C)CC=CS1)=C\C(=O)O. The zero-order valence-electron chi connectivity index (χ0n) is 17.9. The molecule has 1 unspecified atom stereocenters. The molecular formula is C25H32O2S. The predicted molar refractivity (Wildman–Crippen MR) is 120 cm³/mol. The lowest BCUT2D eigenvalue weighted by molar-refractivity contribution is -0.131. The minimum atomic E-state index is -0.901. The van der Waals surface area contributed by atoms with Gasteiger partial charge in [0.15, 0.2) is 0 Å².